The number of carbonyl (C=O) groups is 1. The number of hydrogen-bond acceptors (Lipinski definition) is 4. The number of nitrogens with two attached hydrogens (primary N) is 1. The topological polar surface area (TPSA) is 69.8 Å². The van der Waals surface area contributed by atoms with Crippen LogP contribution >= 0.6 is 0 Å². The van der Waals surface area contributed by atoms with Gasteiger partial charge in [0.05, 0.1) is 11.7 Å². The maximum absolute atomic E-state index is 11.1. The zero-order valence-electron chi connectivity index (χ0n) is 10.5. The number of hydrogen-bond donors (Lipinski definition) is 2. The first-order valence-corrected chi connectivity index (χ1v) is 6.16. The number of amides is 1. The van der Waals surface area contributed by atoms with E-state index in [1.54, 1.807) is 6.07 Å². The standard InChI is InChI=1S/C13H19N3O2/c1-10(13(14)18)15-6-8-16(9-7-15)11-4-2-3-5-12(11)17/h2-5,10,17H,6-9H2,1H3,(H2,14,18). The number of benzene rings is 1. The Labute approximate surface area is 107 Å². The largest absolute Gasteiger partial charge is 0.506 e. The van der Waals surface area contributed by atoms with Gasteiger partial charge >= 0.3 is 0 Å². The molecule has 1 unspecified atom stereocenters. The smallest absolute Gasteiger partial charge is 0.234 e. The second-order valence-corrected chi connectivity index (χ2v) is 4.59. The molecule has 1 aromatic rings. The Bertz CT molecular complexity index is 428. The third kappa shape index (κ3) is 2.56. The zero-order chi connectivity index (χ0) is 13.1. The second-order valence-electron chi connectivity index (χ2n) is 4.59. The predicted molar refractivity (Wildman–Crippen MR) is 70.5 cm³/mol. The number of phenols is 1. The van der Waals surface area contributed by atoms with Gasteiger partial charge in [-0.3, -0.25) is 9.69 Å². The summed E-state index contributed by atoms with van der Waals surface area (Å²) < 4.78 is 0. The molecule has 1 amide bonds. The minimum atomic E-state index is -0.286. The summed E-state index contributed by atoms with van der Waals surface area (Å²) in [5.41, 5.74) is 6.15. The third-order valence-corrected chi connectivity index (χ3v) is 3.50. The third-order valence-electron chi connectivity index (χ3n) is 3.50. The molecule has 0 saturated carbocycles. The fourth-order valence-electron chi connectivity index (χ4n) is 2.26. The number of para-hydroxylation sites is 2. The molecule has 5 heteroatoms. The van der Waals surface area contributed by atoms with Crippen LogP contribution in [0.3, 0.4) is 0 Å². The summed E-state index contributed by atoms with van der Waals surface area (Å²) in [7, 11) is 0. The molecule has 1 atom stereocenters. The van der Waals surface area contributed by atoms with Gasteiger partial charge in [-0.05, 0) is 19.1 Å². The first-order chi connectivity index (χ1) is 8.59. The Morgan fingerprint density at radius 3 is 2.44 bits per heavy atom. The van der Waals surface area contributed by atoms with Crippen LogP contribution in [0, 0.1) is 0 Å². The van der Waals surface area contributed by atoms with Crippen molar-refractivity contribution in [3.63, 3.8) is 0 Å². The van der Waals surface area contributed by atoms with E-state index < -0.39 is 0 Å². The van der Waals surface area contributed by atoms with Crippen LogP contribution in [0.5, 0.6) is 5.75 Å². The molecular formula is C13H19N3O2. The summed E-state index contributed by atoms with van der Waals surface area (Å²) in [6.45, 7) is 4.96. The summed E-state index contributed by atoms with van der Waals surface area (Å²) in [4.78, 5) is 15.3. The monoisotopic (exact) mass is 249 g/mol. The van der Waals surface area contributed by atoms with E-state index in [1.807, 2.05) is 25.1 Å². The molecular weight excluding hydrogens is 230 g/mol. The predicted octanol–water partition coefficient (Wildman–Crippen LogP) is 0.388. The highest BCUT2D eigenvalue weighted by atomic mass is 16.3. The van der Waals surface area contributed by atoms with Crippen LogP contribution in [0.2, 0.25) is 0 Å². The molecule has 3 N–H and O–H groups in total. The molecule has 18 heavy (non-hydrogen) atoms. The van der Waals surface area contributed by atoms with Gasteiger partial charge in [-0.25, -0.2) is 0 Å². The highest BCUT2D eigenvalue weighted by Gasteiger charge is 2.24. The molecule has 0 aromatic heterocycles. The van der Waals surface area contributed by atoms with E-state index in [-0.39, 0.29) is 11.9 Å². The van der Waals surface area contributed by atoms with E-state index in [9.17, 15) is 9.90 Å². The molecule has 1 aromatic carbocycles. The number of phenolic OH excluding ortho intramolecular Hbond substituents is 1. The minimum absolute atomic E-state index is 0.225. The van der Waals surface area contributed by atoms with Gasteiger partial charge in [0.1, 0.15) is 5.75 Å². The molecule has 0 radical (unpaired) electrons. The summed E-state index contributed by atoms with van der Waals surface area (Å²) in [6.07, 6.45) is 0. The fraction of sp³-hybridized carbons (Fsp3) is 0.462. The van der Waals surface area contributed by atoms with Crippen LogP contribution in [0.15, 0.2) is 24.3 Å². The van der Waals surface area contributed by atoms with E-state index in [2.05, 4.69) is 9.80 Å². The molecule has 98 valence electrons. The van der Waals surface area contributed by atoms with Crippen molar-refractivity contribution in [2.75, 3.05) is 31.1 Å². The average Bonchev–Trinajstić information content (AvgIpc) is 2.38. The molecule has 1 heterocycles. The highest BCUT2D eigenvalue weighted by Crippen LogP contribution is 2.27. The minimum Gasteiger partial charge on any atom is -0.506 e. The van der Waals surface area contributed by atoms with Crippen molar-refractivity contribution < 1.29 is 9.90 Å². The molecule has 0 spiro atoms. The number of aromatic hydroxyl groups is 1. The van der Waals surface area contributed by atoms with Crippen molar-refractivity contribution in [2.24, 2.45) is 5.73 Å². The Kier molecular flexibility index (Phi) is 3.72. The highest BCUT2D eigenvalue weighted by molar-refractivity contribution is 5.79. The van der Waals surface area contributed by atoms with E-state index >= 15 is 0 Å². The van der Waals surface area contributed by atoms with Crippen LogP contribution in [0.1, 0.15) is 6.92 Å². The van der Waals surface area contributed by atoms with Crippen LogP contribution in [-0.2, 0) is 4.79 Å². The first-order valence-electron chi connectivity index (χ1n) is 6.16. The molecule has 1 aliphatic heterocycles. The summed E-state index contributed by atoms with van der Waals surface area (Å²) >= 11 is 0. The fourth-order valence-corrected chi connectivity index (χ4v) is 2.26. The van der Waals surface area contributed by atoms with Gasteiger partial charge in [-0.2, -0.15) is 0 Å². The number of rotatable bonds is 3. The van der Waals surface area contributed by atoms with Crippen molar-refractivity contribution in [2.45, 2.75) is 13.0 Å². The molecule has 1 aliphatic rings. The van der Waals surface area contributed by atoms with Gasteiger partial charge < -0.3 is 15.7 Å². The Morgan fingerprint density at radius 2 is 1.89 bits per heavy atom. The molecule has 2 rings (SSSR count). The maximum Gasteiger partial charge on any atom is 0.234 e. The van der Waals surface area contributed by atoms with Gasteiger partial charge in [0.15, 0.2) is 0 Å². The van der Waals surface area contributed by atoms with Crippen LogP contribution in [0.25, 0.3) is 0 Å². The Hall–Kier alpha value is -1.75. The van der Waals surface area contributed by atoms with E-state index in [4.69, 9.17) is 5.73 Å². The Morgan fingerprint density at radius 1 is 1.28 bits per heavy atom. The van der Waals surface area contributed by atoms with Crippen molar-refractivity contribution in [1.82, 2.24) is 4.90 Å². The number of piperazine rings is 1. The van der Waals surface area contributed by atoms with Gasteiger partial charge in [-0.15, -0.1) is 0 Å². The summed E-state index contributed by atoms with van der Waals surface area (Å²) in [6, 6.07) is 7.09. The second kappa shape index (κ2) is 5.27. The summed E-state index contributed by atoms with van der Waals surface area (Å²) in [5, 5.41) is 9.80. The number of anilines is 1. The van der Waals surface area contributed by atoms with Crippen molar-refractivity contribution >= 4 is 11.6 Å². The molecule has 0 aliphatic carbocycles. The van der Waals surface area contributed by atoms with Gasteiger partial charge in [0.2, 0.25) is 5.91 Å². The molecule has 1 saturated heterocycles. The Balaban J connectivity index is 1.99. The van der Waals surface area contributed by atoms with Crippen LogP contribution in [-0.4, -0.2) is 48.1 Å². The van der Waals surface area contributed by atoms with Crippen LogP contribution in [0.4, 0.5) is 5.69 Å². The number of carbonyl (C=O) groups excluding carboxylic acids is 1. The van der Waals surface area contributed by atoms with Crippen molar-refractivity contribution in [3.05, 3.63) is 24.3 Å². The summed E-state index contributed by atoms with van der Waals surface area (Å²) in [5.74, 6) is 0.0138. The van der Waals surface area contributed by atoms with E-state index in [0.29, 0.717) is 5.75 Å². The lowest BCUT2D eigenvalue weighted by Crippen LogP contribution is -2.53. The maximum atomic E-state index is 11.1. The lowest BCUT2D eigenvalue weighted by atomic mass is 10.2. The first kappa shape index (κ1) is 12.7. The van der Waals surface area contributed by atoms with Gasteiger partial charge in [-0.1, -0.05) is 12.1 Å². The zero-order valence-corrected chi connectivity index (χ0v) is 10.5. The van der Waals surface area contributed by atoms with Crippen molar-refractivity contribution in [3.8, 4) is 5.75 Å². The number of nitrogens with zero attached hydrogens (tertiary/aromatic N) is 2. The lowest BCUT2D eigenvalue weighted by molar-refractivity contribution is -0.122. The normalized spacial score (nSPS) is 18.6. The number of primary amides is 1. The quantitative estimate of drug-likeness (QED) is 0.813. The lowest BCUT2D eigenvalue weighted by Gasteiger charge is -2.38. The molecule has 1 fully saturated rings. The molecule has 0 bridgehead atoms. The SMILES string of the molecule is CC(C(N)=O)N1CCN(c2ccccc2O)CC1. The van der Waals surface area contributed by atoms with Crippen molar-refractivity contribution in [1.29, 1.82) is 0 Å². The van der Waals surface area contributed by atoms with E-state index in [1.165, 1.54) is 0 Å². The van der Waals surface area contributed by atoms with Gasteiger partial charge in [0.25, 0.3) is 0 Å². The van der Waals surface area contributed by atoms with E-state index in [0.717, 1.165) is 31.9 Å². The van der Waals surface area contributed by atoms with Gasteiger partial charge in [0, 0.05) is 26.2 Å². The van der Waals surface area contributed by atoms with Crippen LogP contribution < -0.4 is 10.6 Å². The molecule has 5 nitrogen and oxygen atoms in total. The average molecular weight is 249 g/mol.